The molecule has 32 heavy (non-hydrogen) atoms. The monoisotopic (exact) mass is 468 g/mol. The highest BCUT2D eigenvalue weighted by Crippen LogP contribution is 2.38. The molecule has 3 heterocycles. The molecule has 1 aliphatic rings. The van der Waals surface area contributed by atoms with Crippen LogP contribution in [0.4, 0.5) is 4.39 Å². The third-order valence-electron chi connectivity index (χ3n) is 5.96. The molecule has 0 amide bonds. The van der Waals surface area contributed by atoms with Gasteiger partial charge in [0.05, 0.1) is 18.3 Å². The number of likely N-dealkylation sites (tertiary alicyclic amines) is 1. The smallest absolute Gasteiger partial charge is 0.123 e. The second-order valence-electron chi connectivity index (χ2n) is 8.04. The highest BCUT2D eigenvalue weighted by atomic mass is 35.5. The minimum atomic E-state index is -0.596. The first-order valence-electron chi connectivity index (χ1n) is 10.4. The van der Waals surface area contributed by atoms with Gasteiger partial charge in [-0.15, -0.1) is 16.4 Å². The van der Waals surface area contributed by atoms with Crippen molar-refractivity contribution in [2.75, 3.05) is 6.54 Å². The third kappa shape index (κ3) is 4.47. The lowest BCUT2D eigenvalue weighted by molar-refractivity contribution is -0.0131. The molecule has 0 unspecified atom stereocenters. The Hall–Kier alpha value is -2.58. The molecule has 5 rings (SSSR count). The van der Waals surface area contributed by atoms with Crippen molar-refractivity contribution in [3.05, 3.63) is 93.5 Å². The maximum Gasteiger partial charge on any atom is 0.123 e. The average molecular weight is 469 g/mol. The maximum atomic E-state index is 13.3. The molecule has 0 radical (unpaired) electrons. The van der Waals surface area contributed by atoms with Gasteiger partial charge in [0.25, 0.3) is 0 Å². The van der Waals surface area contributed by atoms with Gasteiger partial charge in [0.15, 0.2) is 0 Å². The summed E-state index contributed by atoms with van der Waals surface area (Å²) in [5.41, 5.74) is 2.60. The number of hydrogen-bond acceptors (Lipinski definition) is 5. The molecule has 0 bridgehead atoms. The number of piperidine rings is 1. The minimum Gasteiger partial charge on any atom is -0.390 e. The van der Waals surface area contributed by atoms with Gasteiger partial charge in [0.1, 0.15) is 11.5 Å². The summed E-state index contributed by atoms with van der Waals surface area (Å²) in [6, 6.07) is 18.1. The Bertz CT molecular complexity index is 1160. The van der Waals surface area contributed by atoms with Crippen molar-refractivity contribution >= 4 is 22.9 Å². The first kappa shape index (κ1) is 21.3. The van der Waals surface area contributed by atoms with Crippen LogP contribution in [0.2, 0.25) is 5.02 Å². The van der Waals surface area contributed by atoms with Gasteiger partial charge < -0.3 is 5.11 Å². The van der Waals surface area contributed by atoms with Crippen molar-refractivity contribution in [3.63, 3.8) is 0 Å². The van der Waals surface area contributed by atoms with Gasteiger partial charge in [-0.25, -0.2) is 9.07 Å². The number of aliphatic hydroxyl groups excluding tert-OH is 1. The van der Waals surface area contributed by atoms with E-state index in [1.165, 1.54) is 17.0 Å². The molecule has 2 aromatic heterocycles. The summed E-state index contributed by atoms with van der Waals surface area (Å²) in [5.74, 6) is -0.291. The van der Waals surface area contributed by atoms with Crippen LogP contribution in [0, 0.1) is 5.82 Å². The van der Waals surface area contributed by atoms with Gasteiger partial charge in [-0.05, 0) is 59.8 Å². The summed E-state index contributed by atoms with van der Waals surface area (Å²) < 4.78 is 15.0. The zero-order valence-electron chi connectivity index (χ0n) is 17.2. The van der Waals surface area contributed by atoms with E-state index in [0.717, 1.165) is 17.7 Å². The van der Waals surface area contributed by atoms with E-state index in [4.69, 9.17) is 11.6 Å². The molecule has 1 fully saturated rings. The number of hydrogen-bond donors (Lipinski definition) is 1. The van der Waals surface area contributed by atoms with Gasteiger partial charge in [0, 0.05) is 34.6 Å². The topological polar surface area (TPSA) is 54.2 Å². The van der Waals surface area contributed by atoms with Crippen LogP contribution in [0.1, 0.15) is 28.9 Å². The molecule has 1 N–H and O–H groups in total. The van der Waals surface area contributed by atoms with Crippen molar-refractivity contribution < 1.29 is 9.50 Å². The van der Waals surface area contributed by atoms with Crippen LogP contribution in [0.5, 0.6) is 0 Å². The van der Waals surface area contributed by atoms with E-state index in [-0.39, 0.29) is 17.9 Å². The summed E-state index contributed by atoms with van der Waals surface area (Å²) in [7, 11) is 0. The zero-order chi connectivity index (χ0) is 22.1. The second-order valence-corrected chi connectivity index (χ2v) is 9.51. The summed E-state index contributed by atoms with van der Waals surface area (Å²) in [6.45, 7) is 1.29. The third-order valence-corrected chi connectivity index (χ3v) is 7.07. The minimum absolute atomic E-state index is 0.0984. The molecule has 0 saturated carbocycles. The Labute approximate surface area is 194 Å². The second kappa shape index (κ2) is 9.11. The lowest BCUT2D eigenvalue weighted by atomic mass is 9.90. The van der Waals surface area contributed by atoms with Crippen LogP contribution in [-0.2, 0) is 6.54 Å². The SMILES string of the molecule is O[C@@H]1CN(Cc2cccs2)[C@@H](c2ccc(Cl)cc2)C[C@H]1n1cc(-c2ccc(F)cc2)nn1. The molecule has 0 aliphatic carbocycles. The molecule has 4 aromatic rings. The molecule has 3 atom stereocenters. The van der Waals surface area contributed by atoms with Crippen LogP contribution in [0.15, 0.2) is 72.2 Å². The number of nitrogens with zero attached hydrogens (tertiary/aromatic N) is 4. The van der Waals surface area contributed by atoms with Crippen LogP contribution >= 0.6 is 22.9 Å². The molecule has 164 valence electrons. The Morgan fingerprint density at radius 2 is 1.88 bits per heavy atom. The Balaban J connectivity index is 1.43. The van der Waals surface area contributed by atoms with E-state index in [0.29, 0.717) is 23.7 Å². The molecular formula is C24H22ClFN4OS. The fraction of sp³-hybridized carbons (Fsp3) is 0.250. The van der Waals surface area contributed by atoms with E-state index in [1.807, 2.05) is 24.4 Å². The van der Waals surface area contributed by atoms with E-state index in [9.17, 15) is 9.50 Å². The van der Waals surface area contributed by atoms with Crippen molar-refractivity contribution in [3.8, 4) is 11.3 Å². The summed E-state index contributed by atoms with van der Waals surface area (Å²) in [6.07, 6.45) is 1.91. The van der Waals surface area contributed by atoms with Gasteiger partial charge in [0.2, 0.25) is 0 Å². The predicted molar refractivity (Wildman–Crippen MR) is 124 cm³/mol. The Kier molecular flexibility index (Phi) is 6.06. The Morgan fingerprint density at radius 3 is 2.59 bits per heavy atom. The fourth-order valence-corrected chi connectivity index (χ4v) is 5.16. The highest BCUT2D eigenvalue weighted by Gasteiger charge is 2.37. The number of thiophene rings is 1. The van der Waals surface area contributed by atoms with E-state index < -0.39 is 6.10 Å². The number of β-amino-alcohol motifs (C(OH)–C–C–N with tert-alkyl or cyclic N) is 1. The highest BCUT2D eigenvalue weighted by molar-refractivity contribution is 7.09. The van der Waals surface area contributed by atoms with Gasteiger partial charge in [-0.2, -0.15) is 0 Å². The van der Waals surface area contributed by atoms with Crippen molar-refractivity contribution in [2.45, 2.75) is 31.2 Å². The van der Waals surface area contributed by atoms with Gasteiger partial charge in [-0.1, -0.05) is 35.0 Å². The zero-order valence-corrected chi connectivity index (χ0v) is 18.8. The van der Waals surface area contributed by atoms with Gasteiger partial charge in [-0.3, -0.25) is 4.90 Å². The van der Waals surface area contributed by atoms with Gasteiger partial charge >= 0.3 is 0 Å². The predicted octanol–water partition coefficient (Wildman–Crippen LogP) is 5.35. The molecule has 5 nitrogen and oxygen atoms in total. The molecule has 8 heteroatoms. The number of benzene rings is 2. The van der Waals surface area contributed by atoms with E-state index in [2.05, 4.69) is 38.8 Å². The molecular weight excluding hydrogens is 447 g/mol. The van der Waals surface area contributed by atoms with Crippen LogP contribution < -0.4 is 0 Å². The quantitative estimate of drug-likeness (QED) is 0.429. The largest absolute Gasteiger partial charge is 0.390 e. The summed E-state index contributed by atoms with van der Waals surface area (Å²) in [5, 5.41) is 22.4. The van der Waals surface area contributed by atoms with Crippen molar-refractivity contribution in [1.29, 1.82) is 0 Å². The number of aromatic nitrogens is 3. The average Bonchev–Trinajstić information content (AvgIpc) is 3.48. The number of halogens is 2. The molecule has 1 saturated heterocycles. The van der Waals surface area contributed by atoms with E-state index in [1.54, 1.807) is 28.2 Å². The van der Waals surface area contributed by atoms with Crippen LogP contribution in [0.3, 0.4) is 0 Å². The standard InChI is InChI=1S/C24H22ClFN4OS/c25-18-7-3-17(4-8-18)22-12-23(24(31)15-29(22)13-20-2-1-11-32-20)30-14-21(27-28-30)16-5-9-19(26)10-6-16/h1-11,14,22-24,31H,12-13,15H2/t22-,23-,24-/m1/s1. The normalized spacial score (nSPS) is 21.7. The molecule has 2 aromatic carbocycles. The van der Waals surface area contributed by atoms with E-state index >= 15 is 0 Å². The Morgan fingerprint density at radius 1 is 1.09 bits per heavy atom. The lowest BCUT2D eigenvalue weighted by Crippen LogP contribution is -2.46. The molecule has 0 spiro atoms. The fourth-order valence-electron chi connectivity index (χ4n) is 4.31. The number of rotatable bonds is 5. The first-order valence-corrected chi connectivity index (χ1v) is 11.7. The number of aliphatic hydroxyl groups is 1. The van der Waals surface area contributed by atoms with Crippen LogP contribution in [0.25, 0.3) is 11.3 Å². The summed E-state index contributed by atoms with van der Waals surface area (Å²) in [4.78, 5) is 3.57. The maximum absolute atomic E-state index is 13.3. The first-order chi connectivity index (χ1) is 15.6. The summed E-state index contributed by atoms with van der Waals surface area (Å²) >= 11 is 7.84. The van der Waals surface area contributed by atoms with Crippen LogP contribution in [-0.4, -0.2) is 37.6 Å². The van der Waals surface area contributed by atoms with Crippen molar-refractivity contribution in [1.82, 2.24) is 19.9 Å². The van der Waals surface area contributed by atoms with Crippen molar-refractivity contribution in [2.24, 2.45) is 0 Å². The lowest BCUT2D eigenvalue weighted by Gasteiger charge is -2.42. The molecule has 1 aliphatic heterocycles.